The second-order valence-electron chi connectivity index (χ2n) is 6.52. The molecular weight excluding hydrogens is 360 g/mol. The van der Waals surface area contributed by atoms with Gasteiger partial charge in [0.15, 0.2) is 18.1 Å². The minimum absolute atomic E-state index is 0.177. The zero-order valence-electron chi connectivity index (χ0n) is 16.7. The van der Waals surface area contributed by atoms with E-state index in [9.17, 15) is 9.59 Å². The van der Waals surface area contributed by atoms with Crippen LogP contribution in [0.5, 0.6) is 17.2 Å². The summed E-state index contributed by atoms with van der Waals surface area (Å²) in [5.41, 5.74) is 7.78. The lowest BCUT2D eigenvalue weighted by molar-refractivity contribution is -0.119. The summed E-state index contributed by atoms with van der Waals surface area (Å²) in [6.07, 6.45) is 0. The number of hydrogen-bond donors (Lipinski definition) is 1. The van der Waals surface area contributed by atoms with Crippen LogP contribution in [-0.4, -0.2) is 50.6 Å². The van der Waals surface area contributed by atoms with Gasteiger partial charge in [0.05, 0.1) is 13.7 Å². The van der Waals surface area contributed by atoms with Gasteiger partial charge < -0.3 is 24.8 Å². The minimum Gasteiger partial charge on any atom is -0.493 e. The number of likely N-dealkylation sites (N-methyl/N-ethyl adjacent to an activating group) is 1. The Morgan fingerprint density at radius 3 is 2.29 bits per heavy atom. The lowest BCUT2D eigenvalue weighted by Gasteiger charge is -2.19. The lowest BCUT2D eigenvalue weighted by Crippen LogP contribution is -2.30. The third-order valence-corrected chi connectivity index (χ3v) is 4.02. The van der Waals surface area contributed by atoms with Gasteiger partial charge in [0.25, 0.3) is 11.8 Å². The van der Waals surface area contributed by atoms with Crippen molar-refractivity contribution in [3.63, 3.8) is 0 Å². The molecule has 7 heteroatoms. The van der Waals surface area contributed by atoms with Gasteiger partial charge in [0.1, 0.15) is 12.4 Å². The number of rotatable bonds is 9. The normalized spacial score (nSPS) is 10.3. The Kier molecular flexibility index (Phi) is 7.26. The van der Waals surface area contributed by atoms with Gasteiger partial charge >= 0.3 is 0 Å². The lowest BCUT2D eigenvalue weighted by atomic mass is 10.1. The highest BCUT2D eigenvalue weighted by Gasteiger charge is 2.15. The Balaban J connectivity index is 1.97. The van der Waals surface area contributed by atoms with Crippen molar-refractivity contribution in [1.29, 1.82) is 0 Å². The summed E-state index contributed by atoms with van der Waals surface area (Å²) in [6.45, 7) is 4.56. The summed E-state index contributed by atoms with van der Waals surface area (Å²) < 4.78 is 16.3. The Labute approximate surface area is 165 Å². The van der Waals surface area contributed by atoms with Crippen LogP contribution in [0.25, 0.3) is 0 Å². The highest BCUT2D eigenvalue weighted by Crippen LogP contribution is 2.28. The van der Waals surface area contributed by atoms with E-state index in [0.717, 1.165) is 16.9 Å². The van der Waals surface area contributed by atoms with E-state index in [2.05, 4.69) is 6.07 Å². The Bertz CT molecular complexity index is 830. The smallest absolute Gasteiger partial charge is 0.255 e. The number of nitrogens with zero attached hydrogens (tertiary/aromatic N) is 1. The average molecular weight is 386 g/mol. The minimum atomic E-state index is -0.592. The average Bonchev–Trinajstić information content (AvgIpc) is 2.64. The molecule has 0 unspecified atom stereocenters. The van der Waals surface area contributed by atoms with Crippen molar-refractivity contribution < 1.29 is 23.8 Å². The number of primary amides is 1. The first-order chi connectivity index (χ1) is 13.3. The van der Waals surface area contributed by atoms with Crippen molar-refractivity contribution in [1.82, 2.24) is 4.90 Å². The van der Waals surface area contributed by atoms with Crippen LogP contribution in [0.2, 0.25) is 0 Å². The van der Waals surface area contributed by atoms with Crippen LogP contribution in [0, 0.1) is 13.8 Å². The van der Waals surface area contributed by atoms with Crippen molar-refractivity contribution in [2.24, 2.45) is 5.73 Å². The first kappa shape index (κ1) is 21.1. The van der Waals surface area contributed by atoms with Crippen LogP contribution in [0.15, 0.2) is 36.4 Å². The van der Waals surface area contributed by atoms with Gasteiger partial charge in [-0.05, 0) is 55.3 Å². The van der Waals surface area contributed by atoms with Gasteiger partial charge in [0.2, 0.25) is 0 Å². The molecule has 0 aliphatic heterocycles. The molecule has 28 heavy (non-hydrogen) atoms. The molecule has 0 bridgehead atoms. The molecule has 0 fully saturated rings. The molecule has 2 amide bonds. The first-order valence-corrected chi connectivity index (χ1v) is 8.86. The van der Waals surface area contributed by atoms with Crippen molar-refractivity contribution in [3.05, 3.63) is 53.1 Å². The molecule has 0 heterocycles. The van der Waals surface area contributed by atoms with Crippen LogP contribution in [-0.2, 0) is 4.79 Å². The van der Waals surface area contributed by atoms with E-state index in [1.807, 2.05) is 26.0 Å². The number of methoxy groups -OCH3 is 1. The summed E-state index contributed by atoms with van der Waals surface area (Å²) in [6, 6.07) is 10.8. The summed E-state index contributed by atoms with van der Waals surface area (Å²) >= 11 is 0. The maximum absolute atomic E-state index is 12.6. The predicted octanol–water partition coefficient (Wildman–Crippen LogP) is 2.33. The Hall–Kier alpha value is -3.22. The molecule has 0 atom stereocenters. The number of benzene rings is 2. The van der Waals surface area contributed by atoms with Gasteiger partial charge in [-0.2, -0.15) is 0 Å². The molecule has 2 N–H and O–H groups in total. The molecule has 0 spiro atoms. The number of nitrogens with two attached hydrogens (primary N) is 1. The molecule has 0 saturated carbocycles. The number of amides is 2. The maximum Gasteiger partial charge on any atom is 0.255 e. The standard InChI is InChI=1S/C21H26N2O5/c1-14-9-15(2)11-17(10-14)27-8-7-23(3)21(25)16-5-6-18(19(12-16)26-4)28-13-20(22)24/h5-6,9-12H,7-8,13H2,1-4H3,(H2,22,24). The molecule has 0 aromatic heterocycles. The second kappa shape index (κ2) is 9.64. The topological polar surface area (TPSA) is 91.1 Å². The van der Waals surface area contributed by atoms with Crippen molar-refractivity contribution in [3.8, 4) is 17.2 Å². The molecular formula is C21H26N2O5. The number of ether oxygens (including phenoxy) is 3. The fourth-order valence-electron chi connectivity index (χ4n) is 2.71. The fourth-order valence-corrected chi connectivity index (χ4v) is 2.71. The van der Waals surface area contributed by atoms with Crippen molar-refractivity contribution >= 4 is 11.8 Å². The number of carbonyl (C=O) groups is 2. The maximum atomic E-state index is 12.6. The van der Waals surface area contributed by atoms with Crippen LogP contribution in [0.3, 0.4) is 0 Å². The molecule has 0 aliphatic carbocycles. The highest BCUT2D eigenvalue weighted by molar-refractivity contribution is 5.94. The van der Waals surface area contributed by atoms with Gasteiger partial charge in [-0.15, -0.1) is 0 Å². The van der Waals surface area contributed by atoms with E-state index in [1.54, 1.807) is 30.1 Å². The van der Waals surface area contributed by atoms with Crippen LogP contribution < -0.4 is 19.9 Å². The molecule has 7 nitrogen and oxygen atoms in total. The van der Waals surface area contributed by atoms with Crippen molar-refractivity contribution in [2.45, 2.75) is 13.8 Å². The highest BCUT2D eigenvalue weighted by atomic mass is 16.5. The molecule has 2 rings (SSSR count). The third kappa shape index (κ3) is 5.90. The number of aryl methyl sites for hydroxylation is 2. The number of carbonyl (C=O) groups excluding carboxylic acids is 2. The molecule has 150 valence electrons. The zero-order valence-corrected chi connectivity index (χ0v) is 16.7. The largest absolute Gasteiger partial charge is 0.493 e. The molecule has 0 saturated heterocycles. The summed E-state index contributed by atoms with van der Waals surface area (Å²) in [5, 5.41) is 0. The van der Waals surface area contributed by atoms with Crippen molar-refractivity contribution in [2.75, 3.05) is 33.9 Å². The quantitative estimate of drug-likeness (QED) is 0.714. The monoisotopic (exact) mass is 386 g/mol. The van der Waals surface area contributed by atoms with Gasteiger partial charge in [-0.25, -0.2) is 0 Å². The summed E-state index contributed by atoms with van der Waals surface area (Å²) in [4.78, 5) is 25.1. The fraction of sp³-hybridized carbons (Fsp3) is 0.333. The zero-order chi connectivity index (χ0) is 20.7. The number of hydrogen-bond acceptors (Lipinski definition) is 5. The van der Waals surface area contributed by atoms with Gasteiger partial charge in [-0.1, -0.05) is 6.07 Å². The summed E-state index contributed by atoms with van der Waals surface area (Å²) in [5.74, 6) is 0.719. The van der Waals surface area contributed by atoms with Crippen LogP contribution in [0.4, 0.5) is 0 Å². The van der Waals surface area contributed by atoms with Gasteiger partial charge in [-0.3, -0.25) is 9.59 Å². The van der Waals surface area contributed by atoms with E-state index in [4.69, 9.17) is 19.9 Å². The van der Waals surface area contributed by atoms with Crippen LogP contribution in [0.1, 0.15) is 21.5 Å². The second-order valence-corrected chi connectivity index (χ2v) is 6.52. The first-order valence-electron chi connectivity index (χ1n) is 8.86. The van der Waals surface area contributed by atoms with E-state index < -0.39 is 5.91 Å². The Morgan fingerprint density at radius 2 is 1.68 bits per heavy atom. The van der Waals surface area contributed by atoms with Gasteiger partial charge in [0, 0.05) is 12.6 Å². The van der Waals surface area contributed by atoms with E-state index in [-0.39, 0.29) is 12.5 Å². The van der Waals surface area contributed by atoms with Crippen LogP contribution >= 0.6 is 0 Å². The third-order valence-electron chi connectivity index (χ3n) is 4.02. The molecule has 2 aromatic rings. The molecule has 2 aromatic carbocycles. The molecule has 0 aliphatic rings. The molecule has 0 radical (unpaired) electrons. The van der Waals surface area contributed by atoms with E-state index in [1.165, 1.54) is 7.11 Å². The SMILES string of the molecule is COc1cc(C(=O)N(C)CCOc2cc(C)cc(C)c2)ccc1OCC(N)=O. The van der Waals surface area contributed by atoms with E-state index in [0.29, 0.717) is 30.2 Å². The Morgan fingerprint density at radius 1 is 1.00 bits per heavy atom. The summed E-state index contributed by atoms with van der Waals surface area (Å²) in [7, 11) is 3.17. The predicted molar refractivity (Wildman–Crippen MR) is 106 cm³/mol. The van der Waals surface area contributed by atoms with E-state index >= 15 is 0 Å².